The van der Waals surface area contributed by atoms with E-state index in [1.807, 2.05) is 0 Å². The van der Waals surface area contributed by atoms with Crippen LogP contribution in [0.1, 0.15) is 69.8 Å². The van der Waals surface area contributed by atoms with E-state index < -0.39 is 0 Å². The highest BCUT2D eigenvalue weighted by atomic mass is 79.9. The lowest BCUT2D eigenvalue weighted by Gasteiger charge is -2.23. The van der Waals surface area contributed by atoms with Gasteiger partial charge in [-0.2, -0.15) is 0 Å². The number of hydrogen-bond acceptors (Lipinski definition) is 3. The molecule has 2 saturated carbocycles. The Hall–Kier alpha value is -0.640. The molecule has 4 heteroatoms. The fourth-order valence-corrected chi connectivity index (χ4v) is 4.65. The molecular weight excluding hydrogens is 314 g/mol. The maximum atomic E-state index is 4.92. The zero-order chi connectivity index (χ0) is 14.3. The molecule has 2 aliphatic carbocycles. The second-order valence-corrected chi connectivity index (χ2v) is 7.39. The van der Waals surface area contributed by atoms with Gasteiger partial charge in [0.2, 0.25) is 0 Å². The van der Waals surface area contributed by atoms with Crippen molar-refractivity contribution in [3.05, 3.63) is 16.0 Å². The second kappa shape index (κ2) is 5.63. The van der Waals surface area contributed by atoms with Crippen LogP contribution in [0.15, 0.2) is 4.47 Å². The molecule has 3 unspecified atom stereocenters. The summed E-state index contributed by atoms with van der Waals surface area (Å²) < 4.78 is 1.04. The van der Waals surface area contributed by atoms with Crippen molar-refractivity contribution in [1.82, 2.24) is 9.97 Å². The Morgan fingerprint density at radius 3 is 2.60 bits per heavy atom. The minimum atomic E-state index is 0.419. The standard InChI is InChI=1S/C16H24BrN3/c1-4-18-16-13(17)14(9(2)3)19-15(20-16)12-8-10-5-6-11(12)7-10/h9-12H,4-8H2,1-3H3,(H,18,19,20). The smallest absolute Gasteiger partial charge is 0.144 e. The van der Waals surface area contributed by atoms with Crippen LogP contribution in [-0.2, 0) is 0 Å². The second-order valence-electron chi connectivity index (χ2n) is 6.60. The SMILES string of the molecule is CCNc1nc(C2CC3CCC2C3)nc(C(C)C)c1Br. The van der Waals surface area contributed by atoms with Crippen LogP contribution in [0.3, 0.4) is 0 Å². The Morgan fingerprint density at radius 2 is 2.05 bits per heavy atom. The fourth-order valence-electron chi connectivity index (χ4n) is 3.88. The Bertz CT molecular complexity index is 501. The number of aromatic nitrogens is 2. The molecule has 0 aromatic carbocycles. The van der Waals surface area contributed by atoms with Crippen LogP contribution in [0.25, 0.3) is 0 Å². The molecule has 0 radical (unpaired) electrons. The minimum absolute atomic E-state index is 0.419. The lowest BCUT2D eigenvalue weighted by atomic mass is 9.88. The van der Waals surface area contributed by atoms with Crippen LogP contribution in [0.2, 0.25) is 0 Å². The third-order valence-corrected chi connectivity index (χ3v) is 5.64. The number of fused-ring (bicyclic) bond motifs is 2. The van der Waals surface area contributed by atoms with Crippen LogP contribution in [-0.4, -0.2) is 16.5 Å². The molecule has 0 aliphatic heterocycles. The summed E-state index contributed by atoms with van der Waals surface area (Å²) in [5.41, 5.74) is 1.15. The summed E-state index contributed by atoms with van der Waals surface area (Å²) in [6, 6.07) is 0. The van der Waals surface area contributed by atoms with E-state index >= 15 is 0 Å². The summed E-state index contributed by atoms with van der Waals surface area (Å²) in [7, 11) is 0. The van der Waals surface area contributed by atoms with Crippen molar-refractivity contribution in [3.63, 3.8) is 0 Å². The molecule has 3 nitrogen and oxygen atoms in total. The monoisotopic (exact) mass is 337 g/mol. The molecule has 0 amide bonds. The van der Waals surface area contributed by atoms with E-state index in [0.29, 0.717) is 11.8 Å². The summed E-state index contributed by atoms with van der Waals surface area (Å²) in [6.07, 6.45) is 5.50. The van der Waals surface area contributed by atoms with E-state index in [0.717, 1.165) is 40.2 Å². The lowest BCUT2D eigenvalue weighted by Crippen LogP contribution is -2.16. The van der Waals surface area contributed by atoms with Gasteiger partial charge in [-0.3, -0.25) is 0 Å². The maximum Gasteiger partial charge on any atom is 0.144 e. The van der Waals surface area contributed by atoms with Gasteiger partial charge < -0.3 is 5.32 Å². The third-order valence-electron chi connectivity index (χ3n) is 4.85. The molecule has 0 spiro atoms. The number of halogens is 1. The molecule has 1 aromatic heterocycles. The first-order chi connectivity index (χ1) is 9.60. The van der Waals surface area contributed by atoms with Gasteiger partial charge in [0.15, 0.2) is 0 Å². The first-order valence-corrected chi connectivity index (χ1v) is 8.70. The molecule has 1 aromatic rings. The first-order valence-electron chi connectivity index (χ1n) is 7.91. The zero-order valence-corrected chi connectivity index (χ0v) is 14.2. The Balaban J connectivity index is 1.98. The zero-order valence-electron chi connectivity index (χ0n) is 12.6. The van der Waals surface area contributed by atoms with Crippen LogP contribution in [0.5, 0.6) is 0 Å². The topological polar surface area (TPSA) is 37.8 Å². The fraction of sp³-hybridized carbons (Fsp3) is 0.750. The number of nitrogens with one attached hydrogen (secondary N) is 1. The molecule has 2 fully saturated rings. The summed E-state index contributed by atoms with van der Waals surface area (Å²) >= 11 is 3.68. The number of nitrogens with zero attached hydrogens (tertiary/aromatic N) is 2. The summed E-state index contributed by atoms with van der Waals surface area (Å²) in [6.45, 7) is 7.41. The highest BCUT2D eigenvalue weighted by Gasteiger charge is 2.42. The van der Waals surface area contributed by atoms with Crippen molar-refractivity contribution in [2.24, 2.45) is 11.8 Å². The van der Waals surface area contributed by atoms with E-state index in [1.165, 1.54) is 25.7 Å². The number of anilines is 1. The van der Waals surface area contributed by atoms with Crippen molar-refractivity contribution in [2.45, 2.75) is 58.3 Å². The number of hydrogen-bond donors (Lipinski definition) is 1. The molecule has 2 aliphatic rings. The molecule has 2 bridgehead atoms. The molecular formula is C16H24BrN3. The highest BCUT2D eigenvalue weighted by molar-refractivity contribution is 9.10. The van der Waals surface area contributed by atoms with Gasteiger partial charge in [-0.05, 0) is 59.9 Å². The summed E-state index contributed by atoms with van der Waals surface area (Å²) in [4.78, 5) is 9.75. The van der Waals surface area contributed by atoms with Gasteiger partial charge >= 0.3 is 0 Å². The molecule has 3 atom stereocenters. The van der Waals surface area contributed by atoms with Crippen molar-refractivity contribution in [3.8, 4) is 0 Å². The van der Waals surface area contributed by atoms with Crippen LogP contribution < -0.4 is 5.32 Å². The van der Waals surface area contributed by atoms with E-state index in [-0.39, 0.29) is 0 Å². The lowest BCUT2D eigenvalue weighted by molar-refractivity contribution is 0.404. The average Bonchev–Trinajstić information content (AvgIpc) is 3.03. The van der Waals surface area contributed by atoms with E-state index in [4.69, 9.17) is 9.97 Å². The quantitative estimate of drug-likeness (QED) is 0.865. The summed E-state index contributed by atoms with van der Waals surface area (Å²) in [5.74, 6) is 4.83. The average molecular weight is 338 g/mol. The summed E-state index contributed by atoms with van der Waals surface area (Å²) in [5, 5.41) is 3.38. The molecule has 20 heavy (non-hydrogen) atoms. The van der Waals surface area contributed by atoms with Crippen molar-refractivity contribution < 1.29 is 0 Å². The van der Waals surface area contributed by atoms with Gasteiger partial charge in [-0.1, -0.05) is 20.3 Å². The van der Waals surface area contributed by atoms with Crippen LogP contribution >= 0.6 is 15.9 Å². The van der Waals surface area contributed by atoms with Gasteiger partial charge in [-0.25, -0.2) is 9.97 Å². The van der Waals surface area contributed by atoms with Gasteiger partial charge in [-0.15, -0.1) is 0 Å². The van der Waals surface area contributed by atoms with Crippen molar-refractivity contribution in [2.75, 3.05) is 11.9 Å². The van der Waals surface area contributed by atoms with Gasteiger partial charge in [0, 0.05) is 12.5 Å². The molecule has 3 rings (SSSR count). The van der Waals surface area contributed by atoms with E-state index in [1.54, 1.807) is 0 Å². The molecule has 1 heterocycles. The van der Waals surface area contributed by atoms with Crippen molar-refractivity contribution >= 4 is 21.7 Å². The first kappa shape index (κ1) is 14.3. The third kappa shape index (κ3) is 2.47. The predicted molar refractivity (Wildman–Crippen MR) is 86.2 cm³/mol. The predicted octanol–water partition coefficient (Wildman–Crippen LogP) is 4.70. The van der Waals surface area contributed by atoms with Gasteiger partial charge in [0.05, 0.1) is 10.2 Å². The highest BCUT2D eigenvalue weighted by Crippen LogP contribution is 2.52. The maximum absolute atomic E-state index is 4.92. The largest absolute Gasteiger partial charge is 0.369 e. The van der Waals surface area contributed by atoms with Crippen molar-refractivity contribution in [1.29, 1.82) is 0 Å². The Labute approximate surface area is 130 Å². The van der Waals surface area contributed by atoms with Gasteiger partial charge in [0.1, 0.15) is 11.6 Å². The van der Waals surface area contributed by atoms with Crippen LogP contribution in [0, 0.1) is 11.8 Å². The van der Waals surface area contributed by atoms with Gasteiger partial charge in [0.25, 0.3) is 0 Å². The Kier molecular flexibility index (Phi) is 4.02. The Morgan fingerprint density at radius 1 is 1.25 bits per heavy atom. The van der Waals surface area contributed by atoms with Crippen LogP contribution in [0.4, 0.5) is 5.82 Å². The van der Waals surface area contributed by atoms with E-state index in [9.17, 15) is 0 Å². The molecule has 1 N–H and O–H groups in total. The number of rotatable bonds is 4. The molecule has 0 saturated heterocycles. The minimum Gasteiger partial charge on any atom is -0.369 e. The van der Waals surface area contributed by atoms with E-state index in [2.05, 4.69) is 42.0 Å². The normalized spacial score (nSPS) is 28.4. The molecule has 110 valence electrons.